The first-order chi connectivity index (χ1) is 9.74. The molecule has 2 aliphatic rings. The van der Waals surface area contributed by atoms with Crippen LogP contribution in [0, 0.1) is 0 Å². The van der Waals surface area contributed by atoms with E-state index in [0.717, 1.165) is 44.7 Å². The van der Waals surface area contributed by atoms with Crippen LogP contribution in [0.4, 0.5) is 5.69 Å². The first-order valence-electron chi connectivity index (χ1n) is 7.30. The largest absolute Gasteiger partial charge is 0.380 e. The van der Waals surface area contributed by atoms with E-state index >= 15 is 0 Å². The molecule has 0 bridgehead atoms. The van der Waals surface area contributed by atoms with Gasteiger partial charge >= 0.3 is 0 Å². The first-order valence-corrected chi connectivity index (χ1v) is 7.68. The Kier molecular flexibility index (Phi) is 4.13. The number of benzene rings is 1. The lowest BCUT2D eigenvalue weighted by Crippen LogP contribution is -2.51. The summed E-state index contributed by atoms with van der Waals surface area (Å²) >= 11 is 6.29. The lowest BCUT2D eigenvalue weighted by atomic mass is 10.1. The maximum Gasteiger partial charge on any atom is 0.255 e. The number of amides is 1. The molecule has 1 aromatic rings. The summed E-state index contributed by atoms with van der Waals surface area (Å²) < 4.78 is 0. The molecule has 0 spiro atoms. The van der Waals surface area contributed by atoms with E-state index in [-0.39, 0.29) is 5.91 Å². The number of carbonyl (C=O) groups is 1. The lowest BCUT2D eigenvalue weighted by Gasteiger charge is -2.29. The van der Waals surface area contributed by atoms with E-state index in [1.54, 1.807) is 0 Å². The molecule has 0 aromatic heterocycles. The topological polar surface area (TPSA) is 44.4 Å². The zero-order valence-electron chi connectivity index (χ0n) is 11.5. The maximum atomic E-state index is 12.4. The molecule has 0 saturated carbocycles. The van der Waals surface area contributed by atoms with Crippen molar-refractivity contribution in [2.24, 2.45) is 0 Å². The molecule has 0 radical (unpaired) electrons. The van der Waals surface area contributed by atoms with Gasteiger partial charge in [-0.2, -0.15) is 0 Å². The summed E-state index contributed by atoms with van der Waals surface area (Å²) in [5, 5.41) is 7.15. The molecule has 3 rings (SSSR count). The van der Waals surface area contributed by atoms with E-state index in [1.165, 1.54) is 6.42 Å². The van der Waals surface area contributed by atoms with Crippen LogP contribution >= 0.6 is 11.6 Å². The molecular weight excluding hydrogens is 274 g/mol. The van der Waals surface area contributed by atoms with Gasteiger partial charge in [0.05, 0.1) is 16.6 Å². The van der Waals surface area contributed by atoms with Gasteiger partial charge in [0.25, 0.3) is 5.91 Å². The van der Waals surface area contributed by atoms with Gasteiger partial charge in [-0.15, -0.1) is 0 Å². The molecule has 1 aromatic carbocycles. The quantitative estimate of drug-likeness (QED) is 0.899. The average Bonchev–Trinajstić information content (AvgIpc) is 2.43. The van der Waals surface area contributed by atoms with Gasteiger partial charge < -0.3 is 15.5 Å². The van der Waals surface area contributed by atoms with Crippen LogP contribution < -0.4 is 10.6 Å². The number of piperidine rings is 1. The zero-order chi connectivity index (χ0) is 13.9. The number of hydrogen-bond donors (Lipinski definition) is 2. The van der Waals surface area contributed by atoms with E-state index in [4.69, 9.17) is 11.6 Å². The highest BCUT2D eigenvalue weighted by Gasteiger charge is 2.21. The molecule has 4 nitrogen and oxygen atoms in total. The molecule has 0 atom stereocenters. The second-order valence-electron chi connectivity index (χ2n) is 5.55. The minimum atomic E-state index is 0.0616. The van der Waals surface area contributed by atoms with Crippen molar-refractivity contribution in [3.63, 3.8) is 0 Å². The second kappa shape index (κ2) is 6.02. The molecule has 0 aliphatic carbocycles. The highest BCUT2D eigenvalue weighted by Crippen LogP contribution is 2.24. The van der Waals surface area contributed by atoms with Crippen molar-refractivity contribution in [3.05, 3.63) is 28.8 Å². The normalized spacial score (nSPS) is 19.6. The van der Waals surface area contributed by atoms with Crippen LogP contribution in [0.5, 0.6) is 0 Å². The van der Waals surface area contributed by atoms with Crippen molar-refractivity contribution in [1.82, 2.24) is 10.2 Å². The predicted octanol–water partition coefficient (Wildman–Crippen LogP) is 2.35. The highest BCUT2D eigenvalue weighted by atomic mass is 35.5. The third kappa shape index (κ3) is 2.91. The zero-order valence-corrected chi connectivity index (χ0v) is 12.2. The van der Waals surface area contributed by atoms with Crippen molar-refractivity contribution >= 4 is 23.2 Å². The Bertz CT molecular complexity index is 496. The van der Waals surface area contributed by atoms with Gasteiger partial charge in [-0.3, -0.25) is 4.79 Å². The Morgan fingerprint density at radius 3 is 2.60 bits per heavy atom. The fraction of sp³-hybridized carbons (Fsp3) is 0.533. The number of carbonyl (C=O) groups excluding carboxylic acids is 1. The van der Waals surface area contributed by atoms with Crippen molar-refractivity contribution in [2.75, 3.05) is 31.5 Å². The Labute approximate surface area is 124 Å². The number of anilines is 1. The van der Waals surface area contributed by atoms with Gasteiger partial charge in [-0.05, 0) is 37.5 Å². The van der Waals surface area contributed by atoms with Gasteiger partial charge in [-0.1, -0.05) is 11.6 Å². The van der Waals surface area contributed by atoms with Gasteiger partial charge in [-0.25, -0.2) is 0 Å². The minimum Gasteiger partial charge on any atom is -0.380 e. The minimum absolute atomic E-state index is 0.0616. The summed E-state index contributed by atoms with van der Waals surface area (Å²) in [4.78, 5) is 14.3. The molecular formula is C15H20ClN3O. The monoisotopic (exact) mass is 293 g/mol. The van der Waals surface area contributed by atoms with Crippen molar-refractivity contribution in [1.29, 1.82) is 0 Å². The number of hydrogen-bond acceptors (Lipinski definition) is 3. The Morgan fingerprint density at radius 1 is 1.25 bits per heavy atom. The summed E-state index contributed by atoms with van der Waals surface area (Å²) in [7, 11) is 0. The fourth-order valence-electron chi connectivity index (χ4n) is 2.67. The third-order valence-electron chi connectivity index (χ3n) is 4.00. The average molecular weight is 294 g/mol. The van der Waals surface area contributed by atoms with Crippen LogP contribution in [-0.2, 0) is 0 Å². The highest BCUT2D eigenvalue weighted by molar-refractivity contribution is 6.34. The summed E-state index contributed by atoms with van der Waals surface area (Å²) in [5.74, 6) is 0.0616. The Morgan fingerprint density at radius 2 is 2.00 bits per heavy atom. The summed E-state index contributed by atoms with van der Waals surface area (Å²) in [6.07, 6.45) is 3.41. The van der Waals surface area contributed by atoms with E-state index in [2.05, 4.69) is 10.6 Å². The lowest BCUT2D eigenvalue weighted by molar-refractivity contribution is 0.0724. The van der Waals surface area contributed by atoms with Crippen molar-refractivity contribution < 1.29 is 4.79 Å². The maximum absolute atomic E-state index is 12.4. The molecule has 2 heterocycles. The predicted molar refractivity (Wildman–Crippen MR) is 81.5 cm³/mol. The molecule has 1 amide bonds. The molecule has 108 valence electrons. The molecule has 2 aliphatic heterocycles. The van der Waals surface area contributed by atoms with Crippen LogP contribution in [-0.4, -0.2) is 43.0 Å². The van der Waals surface area contributed by atoms with E-state index in [1.807, 2.05) is 23.1 Å². The van der Waals surface area contributed by atoms with E-state index in [0.29, 0.717) is 16.6 Å². The van der Waals surface area contributed by atoms with Crippen LogP contribution in [0.3, 0.4) is 0 Å². The molecule has 0 unspecified atom stereocenters. The Hall–Kier alpha value is -1.26. The van der Waals surface area contributed by atoms with Crippen molar-refractivity contribution in [2.45, 2.75) is 25.3 Å². The van der Waals surface area contributed by atoms with Crippen molar-refractivity contribution in [3.8, 4) is 0 Å². The number of halogens is 1. The smallest absolute Gasteiger partial charge is 0.255 e. The van der Waals surface area contributed by atoms with Gasteiger partial charge in [0.15, 0.2) is 0 Å². The van der Waals surface area contributed by atoms with Crippen LogP contribution in [0.15, 0.2) is 18.2 Å². The van der Waals surface area contributed by atoms with Gasteiger partial charge in [0.1, 0.15) is 0 Å². The molecule has 2 fully saturated rings. The van der Waals surface area contributed by atoms with E-state index < -0.39 is 0 Å². The van der Waals surface area contributed by atoms with Gasteiger partial charge in [0.2, 0.25) is 0 Å². The summed E-state index contributed by atoms with van der Waals surface area (Å²) in [6, 6.07) is 6.11. The van der Waals surface area contributed by atoms with Crippen LogP contribution in [0.2, 0.25) is 5.02 Å². The van der Waals surface area contributed by atoms with Crippen LogP contribution in [0.25, 0.3) is 0 Å². The number of likely N-dealkylation sites (tertiary alicyclic amines) is 1. The third-order valence-corrected chi connectivity index (χ3v) is 4.31. The van der Waals surface area contributed by atoms with Crippen LogP contribution in [0.1, 0.15) is 29.6 Å². The van der Waals surface area contributed by atoms with E-state index in [9.17, 15) is 4.79 Å². The molecule has 20 heavy (non-hydrogen) atoms. The standard InChI is InChI=1S/C15H20ClN3O/c16-14-8-11(18-12-9-17-10-12)4-5-13(14)15(20)19-6-2-1-3-7-19/h4-5,8,12,17-18H,1-3,6-7,9-10H2. The number of nitrogens with one attached hydrogen (secondary N) is 2. The molecule has 5 heteroatoms. The summed E-state index contributed by atoms with van der Waals surface area (Å²) in [5.41, 5.74) is 1.60. The Balaban J connectivity index is 1.70. The number of nitrogens with zero attached hydrogens (tertiary/aromatic N) is 1. The fourth-order valence-corrected chi connectivity index (χ4v) is 2.93. The second-order valence-corrected chi connectivity index (χ2v) is 5.95. The number of rotatable bonds is 3. The van der Waals surface area contributed by atoms with Gasteiger partial charge in [0, 0.05) is 31.9 Å². The molecule has 2 saturated heterocycles. The molecule has 2 N–H and O–H groups in total. The SMILES string of the molecule is O=C(c1ccc(NC2CNC2)cc1Cl)N1CCCCC1. The first kappa shape index (κ1) is 13.7. The summed E-state index contributed by atoms with van der Waals surface area (Å²) in [6.45, 7) is 3.66.